The number of nitrogens with one attached hydrogen (secondary N) is 2. The average molecular weight is 940 g/mol. The summed E-state index contributed by atoms with van der Waals surface area (Å²) in [6, 6.07) is 36.4. The third-order valence-corrected chi connectivity index (χ3v) is 13.9. The van der Waals surface area contributed by atoms with Crippen LogP contribution in [0.5, 0.6) is 5.75 Å². The van der Waals surface area contributed by atoms with Crippen LogP contribution in [-0.4, -0.2) is 95.1 Å². The van der Waals surface area contributed by atoms with Gasteiger partial charge in [0.25, 0.3) is 0 Å². The van der Waals surface area contributed by atoms with Crippen LogP contribution in [-0.2, 0) is 20.8 Å². The van der Waals surface area contributed by atoms with Crippen molar-refractivity contribution in [2.75, 3.05) is 39.3 Å². The van der Waals surface area contributed by atoms with E-state index in [4.69, 9.17) is 4.74 Å². The van der Waals surface area contributed by atoms with E-state index in [0.717, 1.165) is 85.6 Å². The molecule has 1 saturated heterocycles. The number of hydrogen-bond acceptors (Lipinski definition) is 8. The molecule has 0 radical (unpaired) electrons. The van der Waals surface area contributed by atoms with Crippen molar-refractivity contribution in [3.8, 4) is 16.2 Å². The number of allylic oxidation sites excluding steroid dienone is 1. The minimum Gasteiger partial charge on any atom is -0.492 e. The van der Waals surface area contributed by atoms with Crippen molar-refractivity contribution in [1.29, 1.82) is 0 Å². The summed E-state index contributed by atoms with van der Waals surface area (Å²) in [4.78, 5) is 50.1. The van der Waals surface area contributed by atoms with Gasteiger partial charge in [-0.3, -0.25) is 14.4 Å². The Hall–Kier alpha value is -5.62. The van der Waals surface area contributed by atoms with Crippen LogP contribution in [0.1, 0.15) is 114 Å². The van der Waals surface area contributed by atoms with Crippen molar-refractivity contribution in [2.24, 2.45) is 5.41 Å². The average Bonchev–Trinajstić information content (AvgIpc) is 3.97. The molecule has 3 amide bonds. The molecule has 1 aliphatic rings. The topological polar surface area (TPSA) is 124 Å². The van der Waals surface area contributed by atoms with Crippen LogP contribution < -0.4 is 15.4 Å². The summed E-state index contributed by atoms with van der Waals surface area (Å²) in [5.74, 6) is 0.0636. The second-order valence-electron chi connectivity index (χ2n) is 19.0. The van der Waals surface area contributed by atoms with Crippen LogP contribution >= 0.6 is 11.3 Å². The highest BCUT2D eigenvalue weighted by Crippen LogP contribution is 2.35. The maximum Gasteiger partial charge on any atom is 0.246 e. The third-order valence-electron chi connectivity index (χ3n) is 12.9. The fraction of sp³-hybridized carbons (Fsp3) is 0.439. The minimum absolute atomic E-state index is 0.0537. The number of carbonyl (C=O) groups is 3. The molecule has 0 spiro atoms. The summed E-state index contributed by atoms with van der Waals surface area (Å²) >= 11 is 1.61. The lowest BCUT2D eigenvalue weighted by Crippen LogP contribution is -2.57. The number of unbranched alkanes of at least 4 members (excludes halogenated alkanes) is 4. The zero-order valence-corrected chi connectivity index (χ0v) is 42.0. The molecule has 1 aliphatic heterocycles. The van der Waals surface area contributed by atoms with Gasteiger partial charge in [0, 0.05) is 32.5 Å². The summed E-state index contributed by atoms with van der Waals surface area (Å²) < 4.78 is 6.24. The molecule has 2 heterocycles. The van der Waals surface area contributed by atoms with Crippen LogP contribution in [0.25, 0.3) is 21.6 Å². The number of β-amino-alcohol motifs (C(OH)–C–C–N with tert-alkyl or cyclic N) is 1. The highest BCUT2D eigenvalue weighted by molar-refractivity contribution is 7.13. The molecule has 5 aromatic rings. The van der Waals surface area contributed by atoms with Gasteiger partial charge in [-0.05, 0) is 102 Å². The van der Waals surface area contributed by atoms with Crippen LogP contribution in [0.15, 0.2) is 115 Å². The standard InChI is InChI=1S/C57H73N5O5S/c1-7-49(43-20-14-12-15-21-43)52(44-22-16-13-17-23-44)45-29-31-48(32-30-45)67-37-36-61(8-2)35-19-11-9-10-18-24-51(64)60-54(57(4,5)6)56(66)62-39-47(63)38-50(62)55(65)58-34-33-42-25-27-46(28-26-42)53-41(3)59-40-68-53/h12-17,20-23,25-32,40,47,50,54,63H,7-11,18-19,24,33-39H2,1-6H3,(H,58,65)(H,60,64)/t47-,50-,54+/m0/s1. The lowest BCUT2D eigenvalue weighted by Gasteiger charge is -2.35. The van der Waals surface area contributed by atoms with E-state index >= 15 is 0 Å². The molecule has 3 atom stereocenters. The van der Waals surface area contributed by atoms with E-state index < -0.39 is 23.6 Å². The molecular formula is C57H73N5O5S. The maximum absolute atomic E-state index is 14.1. The summed E-state index contributed by atoms with van der Waals surface area (Å²) in [5, 5.41) is 16.6. The Bertz CT molecular complexity index is 2380. The highest BCUT2D eigenvalue weighted by atomic mass is 32.1. The van der Waals surface area contributed by atoms with E-state index in [2.05, 4.69) is 144 Å². The Morgan fingerprint density at radius 1 is 0.838 bits per heavy atom. The first-order valence-electron chi connectivity index (χ1n) is 24.7. The van der Waals surface area contributed by atoms with Gasteiger partial charge in [-0.25, -0.2) is 4.98 Å². The SMILES string of the molecule is CCC(=C(c1ccccc1)c1ccc(OCCN(CC)CCCCCCCC(=O)N[C@H](C(=O)N2C[C@@H](O)C[C@H]2C(=O)NCCc2ccc(-c3scnc3C)cc2)C(C)(C)C)cc1)c1ccccc1. The number of aromatic nitrogens is 1. The van der Waals surface area contributed by atoms with Crippen molar-refractivity contribution in [1.82, 2.24) is 25.4 Å². The Kier molecular flexibility index (Phi) is 19.5. The number of nitrogens with zero attached hydrogens (tertiary/aromatic N) is 3. The van der Waals surface area contributed by atoms with Crippen molar-refractivity contribution in [3.63, 3.8) is 0 Å². The largest absolute Gasteiger partial charge is 0.492 e. The first-order valence-corrected chi connectivity index (χ1v) is 25.6. The molecule has 0 unspecified atom stereocenters. The van der Waals surface area contributed by atoms with Gasteiger partial charge in [-0.2, -0.15) is 0 Å². The molecule has 4 aromatic carbocycles. The van der Waals surface area contributed by atoms with E-state index in [-0.39, 0.29) is 30.7 Å². The molecule has 0 aliphatic carbocycles. The number of likely N-dealkylation sites (N-methyl/N-ethyl adjacent to an activating group) is 1. The quantitative estimate of drug-likeness (QED) is 0.0416. The normalized spacial score (nSPS) is 15.8. The molecule has 1 aromatic heterocycles. The van der Waals surface area contributed by atoms with Gasteiger partial charge in [0.15, 0.2) is 0 Å². The number of likely N-dealkylation sites (tertiary alicyclic amines) is 1. The van der Waals surface area contributed by atoms with E-state index in [1.807, 2.05) is 33.2 Å². The molecule has 362 valence electrons. The number of carbonyl (C=O) groups excluding carboxylic acids is 3. The van der Waals surface area contributed by atoms with E-state index in [9.17, 15) is 19.5 Å². The molecule has 1 fully saturated rings. The molecule has 3 N–H and O–H groups in total. The predicted molar refractivity (Wildman–Crippen MR) is 277 cm³/mol. The van der Waals surface area contributed by atoms with Crippen LogP contribution in [0.2, 0.25) is 0 Å². The lowest BCUT2D eigenvalue weighted by molar-refractivity contribution is -0.144. The minimum atomic E-state index is -0.830. The second-order valence-corrected chi connectivity index (χ2v) is 19.9. The lowest BCUT2D eigenvalue weighted by atomic mass is 9.85. The molecule has 10 nitrogen and oxygen atoms in total. The van der Waals surface area contributed by atoms with E-state index in [0.29, 0.717) is 26.0 Å². The second kappa shape index (κ2) is 25.7. The van der Waals surface area contributed by atoms with Gasteiger partial charge < -0.3 is 30.3 Å². The molecule has 0 bridgehead atoms. The Morgan fingerprint density at radius 2 is 1.49 bits per heavy atom. The molecule has 11 heteroatoms. The third kappa shape index (κ3) is 14.7. The van der Waals surface area contributed by atoms with Crippen LogP contribution in [0.3, 0.4) is 0 Å². The summed E-state index contributed by atoms with van der Waals surface area (Å²) in [6.07, 6.45) is 6.06. The van der Waals surface area contributed by atoms with E-state index in [1.54, 1.807) is 11.3 Å². The molecule has 0 saturated carbocycles. The number of amides is 3. The fourth-order valence-corrected chi connectivity index (χ4v) is 9.89. The van der Waals surface area contributed by atoms with Crippen molar-refractivity contribution in [2.45, 2.75) is 118 Å². The van der Waals surface area contributed by atoms with Gasteiger partial charge in [-0.1, -0.05) is 151 Å². The van der Waals surface area contributed by atoms with Crippen molar-refractivity contribution < 1.29 is 24.2 Å². The number of hydrogen-bond donors (Lipinski definition) is 3. The summed E-state index contributed by atoms with van der Waals surface area (Å²) in [7, 11) is 0. The summed E-state index contributed by atoms with van der Waals surface area (Å²) in [6.45, 7) is 16.0. The zero-order valence-electron chi connectivity index (χ0n) is 41.1. The smallest absolute Gasteiger partial charge is 0.246 e. The van der Waals surface area contributed by atoms with Crippen LogP contribution in [0.4, 0.5) is 0 Å². The molecular weight excluding hydrogens is 867 g/mol. The number of benzene rings is 4. The zero-order chi connectivity index (χ0) is 48.5. The van der Waals surface area contributed by atoms with Gasteiger partial charge in [0.05, 0.1) is 22.2 Å². The number of ether oxygens (including phenoxy) is 1. The van der Waals surface area contributed by atoms with Gasteiger partial charge in [0.1, 0.15) is 24.4 Å². The Labute approximate surface area is 409 Å². The van der Waals surface area contributed by atoms with Gasteiger partial charge in [-0.15, -0.1) is 11.3 Å². The monoisotopic (exact) mass is 940 g/mol. The fourth-order valence-electron chi connectivity index (χ4n) is 9.08. The number of aryl methyl sites for hydroxylation is 1. The van der Waals surface area contributed by atoms with Crippen molar-refractivity contribution in [3.05, 3.63) is 143 Å². The molecule has 68 heavy (non-hydrogen) atoms. The first kappa shape index (κ1) is 51.8. The Balaban J connectivity index is 0.888. The van der Waals surface area contributed by atoms with Gasteiger partial charge >= 0.3 is 0 Å². The maximum atomic E-state index is 14.1. The van der Waals surface area contributed by atoms with Gasteiger partial charge in [0.2, 0.25) is 17.7 Å². The van der Waals surface area contributed by atoms with Crippen LogP contribution in [0, 0.1) is 12.3 Å². The Morgan fingerprint density at radius 3 is 2.12 bits per heavy atom. The molecule has 6 rings (SSSR count). The summed E-state index contributed by atoms with van der Waals surface area (Å²) in [5.41, 5.74) is 10.6. The number of rotatable bonds is 24. The first-order chi connectivity index (χ1) is 32.9. The predicted octanol–water partition coefficient (Wildman–Crippen LogP) is 10.4. The highest BCUT2D eigenvalue weighted by Gasteiger charge is 2.44. The number of thiazole rings is 1. The van der Waals surface area contributed by atoms with E-state index in [1.165, 1.54) is 32.7 Å². The van der Waals surface area contributed by atoms with Crippen molar-refractivity contribution >= 4 is 40.2 Å². The number of aliphatic hydroxyl groups is 1. The number of aliphatic hydroxyl groups excluding tert-OH is 1.